The lowest BCUT2D eigenvalue weighted by Crippen LogP contribution is -2.12. The van der Waals surface area contributed by atoms with Gasteiger partial charge in [0, 0.05) is 12.3 Å². The molecule has 1 heterocycles. The standard InChI is InChI=1S/C13H27N5S/c1-2-3-4-5-6-7-8-9-12-19-13-15-16-17-18(13)11-10-14/h2-12,14H2,1H3. The first-order valence-corrected chi connectivity index (χ1v) is 8.46. The molecule has 0 aromatic carbocycles. The van der Waals surface area contributed by atoms with Crippen LogP contribution in [0.4, 0.5) is 0 Å². The van der Waals surface area contributed by atoms with Gasteiger partial charge in [0.25, 0.3) is 0 Å². The SMILES string of the molecule is CCCCCCCCCCSc1nnnn1CCN. The molecular weight excluding hydrogens is 258 g/mol. The number of aromatic nitrogens is 4. The highest BCUT2D eigenvalue weighted by atomic mass is 32.2. The molecule has 0 aliphatic heterocycles. The van der Waals surface area contributed by atoms with Gasteiger partial charge in [-0.2, -0.15) is 0 Å². The van der Waals surface area contributed by atoms with Crippen LogP contribution >= 0.6 is 11.8 Å². The van der Waals surface area contributed by atoms with Crippen LogP contribution in [0.5, 0.6) is 0 Å². The number of hydrogen-bond donors (Lipinski definition) is 1. The Morgan fingerprint density at radius 3 is 2.42 bits per heavy atom. The van der Waals surface area contributed by atoms with Crippen molar-refractivity contribution in [2.24, 2.45) is 5.73 Å². The van der Waals surface area contributed by atoms with E-state index in [1.165, 1.54) is 51.4 Å². The minimum absolute atomic E-state index is 0.580. The largest absolute Gasteiger partial charge is 0.329 e. The van der Waals surface area contributed by atoms with E-state index in [1.807, 2.05) is 0 Å². The Balaban J connectivity index is 1.97. The van der Waals surface area contributed by atoms with Crippen molar-refractivity contribution in [3.8, 4) is 0 Å². The molecule has 5 nitrogen and oxygen atoms in total. The number of nitrogens with two attached hydrogens (primary N) is 1. The molecule has 0 saturated carbocycles. The average molecular weight is 285 g/mol. The van der Waals surface area contributed by atoms with Gasteiger partial charge < -0.3 is 5.73 Å². The third-order valence-electron chi connectivity index (χ3n) is 3.07. The van der Waals surface area contributed by atoms with Gasteiger partial charge >= 0.3 is 0 Å². The van der Waals surface area contributed by atoms with Crippen molar-refractivity contribution in [2.45, 2.75) is 70.0 Å². The Morgan fingerprint density at radius 2 is 1.74 bits per heavy atom. The number of thioether (sulfide) groups is 1. The predicted molar refractivity (Wildman–Crippen MR) is 80.2 cm³/mol. The Labute approximate surface area is 120 Å². The topological polar surface area (TPSA) is 69.6 Å². The van der Waals surface area contributed by atoms with Gasteiger partial charge in [-0.15, -0.1) is 5.10 Å². The molecule has 6 heteroatoms. The van der Waals surface area contributed by atoms with Gasteiger partial charge in [-0.1, -0.05) is 63.6 Å². The van der Waals surface area contributed by atoms with E-state index in [0.29, 0.717) is 13.1 Å². The summed E-state index contributed by atoms with van der Waals surface area (Å²) < 4.78 is 1.79. The van der Waals surface area contributed by atoms with Crippen LogP contribution in [0.15, 0.2) is 5.16 Å². The molecule has 0 aliphatic rings. The number of tetrazole rings is 1. The minimum atomic E-state index is 0.580. The maximum Gasteiger partial charge on any atom is 0.209 e. The summed E-state index contributed by atoms with van der Waals surface area (Å²) in [5, 5.41) is 12.5. The van der Waals surface area contributed by atoms with Gasteiger partial charge in [0.1, 0.15) is 0 Å². The molecule has 0 amide bonds. The van der Waals surface area contributed by atoms with Crippen molar-refractivity contribution < 1.29 is 0 Å². The van der Waals surface area contributed by atoms with Crippen LogP contribution in [0.1, 0.15) is 58.3 Å². The van der Waals surface area contributed by atoms with Crippen LogP contribution < -0.4 is 5.73 Å². The predicted octanol–water partition coefficient (Wildman–Crippen LogP) is 2.86. The molecular formula is C13H27N5S. The second-order valence-corrected chi connectivity index (χ2v) is 5.86. The van der Waals surface area contributed by atoms with E-state index in [4.69, 9.17) is 5.73 Å². The summed E-state index contributed by atoms with van der Waals surface area (Å²) in [6.45, 7) is 3.54. The third kappa shape index (κ3) is 7.52. The van der Waals surface area contributed by atoms with E-state index in [9.17, 15) is 0 Å². The van der Waals surface area contributed by atoms with Gasteiger partial charge in [0.2, 0.25) is 5.16 Å². The van der Waals surface area contributed by atoms with Crippen LogP contribution in [-0.4, -0.2) is 32.5 Å². The van der Waals surface area contributed by atoms with Crippen molar-refractivity contribution >= 4 is 11.8 Å². The minimum Gasteiger partial charge on any atom is -0.329 e. The van der Waals surface area contributed by atoms with Gasteiger partial charge in [-0.3, -0.25) is 0 Å². The number of unbranched alkanes of at least 4 members (excludes halogenated alkanes) is 7. The quantitative estimate of drug-likeness (QED) is 0.472. The Bertz CT molecular complexity index is 316. The number of rotatable bonds is 12. The van der Waals surface area contributed by atoms with Gasteiger partial charge in [-0.05, 0) is 16.8 Å². The monoisotopic (exact) mass is 285 g/mol. The number of hydrogen-bond acceptors (Lipinski definition) is 5. The summed E-state index contributed by atoms with van der Waals surface area (Å²) in [6.07, 6.45) is 10.8. The zero-order valence-electron chi connectivity index (χ0n) is 12.1. The summed E-state index contributed by atoms with van der Waals surface area (Å²) in [6, 6.07) is 0. The summed E-state index contributed by atoms with van der Waals surface area (Å²) in [5.74, 6) is 1.10. The van der Waals surface area contributed by atoms with Gasteiger partial charge in [0.05, 0.1) is 6.54 Å². The summed E-state index contributed by atoms with van der Waals surface area (Å²) in [5.41, 5.74) is 5.51. The highest BCUT2D eigenvalue weighted by molar-refractivity contribution is 7.99. The average Bonchev–Trinajstić information content (AvgIpc) is 2.85. The van der Waals surface area contributed by atoms with Crippen molar-refractivity contribution in [3.63, 3.8) is 0 Å². The normalized spacial score (nSPS) is 11.1. The van der Waals surface area contributed by atoms with Crippen LogP contribution in [-0.2, 0) is 6.54 Å². The van der Waals surface area contributed by atoms with E-state index < -0.39 is 0 Å². The molecule has 2 N–H and O–H groups in total. The smallest absolute Gasteiger partial charge is 0.209 e. The molecule has 1 rings (SSSR count). The molecule has 110 valence electrons. The van der Waals surface area contributed by atoms with Crippen LogP contribution in [0, 0.1) is 0 Å². The zero-order chi connectivity index (χ0) is 13.8. The summed E-state index contributed by atoms with van der Waals surface area (Å²) in [7, 11) is 0. The molecule has 0 bridgehead atoms. The lowest BCUT2D eigenvalue weighted by atomic mass is 10.1. The lowest BCUT2D eigenvalue weighted by molar-refractivity contribution is 0.556. The van der Waals surface area contributed by atoms with E-state index in [2.05, 4.69) is 22.4 Å². The fourth-order valence-corrected chi connectivity index (χ4v) is 2.86. The highest BCUT2D eigenvalue weighted by Crippen LogP contribution is 2.16. The van der Waals surface area contributed by atoms with E-state index in [0.717, 1.165) is 10.9 Å². The van der Waals surface area contributed by atoms with Gasteiger partial charge in [0.15, 0.2) is 0 Å². The van der Waals surface area contributed by atoms with Crippen LogP contribution in [0.25, 0.3) is 0 Å². The van der Waals surface area contributed by atoms with E-state index in [-0.39, 0.29) is 0 Å². The zero-order valence-corrected chi connectivity index (χ0v) is 12.9. The molecule has 1 aromatic heterocycles. The third-order valence-corrected chi connectivity index (χ3v) is 4.11. The molecule has 0 fully saturated rings. The fraction of sp³-hybridized carbons (Fsp3) is 0.923. The molecule has 0 aliphatic carbocycles. The first kappa shape index (κ1) is 16.4. The highest BCUT2D eigenvalue weighted by Gasteiger charge is 2.04. The first-order chi connectivity index (χ1) is 9.38. The van der Waals surface area contributed by atoms with Crippen molar-refractivity contribution in [1.82, 2.24) is 20.2 Å². The van der Waals surface area contributed by atoms with Crippen molar-refractivity contribution in [3.05, 3.63) is 0 Å². The molecule has 0 unspecified atom stereocenters. The molecule has 0 atom stereocenters. The second-order valence-electron chi connectivity index (χ2n) is 4.80. The second kappa shape index (κ2) is 11.2. The van der Waals surface area contributed by atoms with Gasteiger partial charge in [-0.25, -0.2) is 4.68 Å². The van der Waals surface area contributed by atoms with E-state index >= 15 is 0 Å². The fourth-order valence-electron chi connectivity index (χ4n) is 1.96. The lowest BCUT2D eigenvalue weighted by Gasteiger charge is -2.03. The number of nitrogens with zero attached hydrogens (tertiary/aromatic N) is 4. The molecule has 19 heavy (non-hydrogen) atoms. The Kier molecular flexibility index (Phi) is 9.71. The van der Waals surface area contributed by atoms with Crippen molar-refractivity contribution in [2.75, 3.05) is 12.3 Å². The molecule has 0 spiro atoms. The maximum absolute atomic E-state index is 5.51. The van der Waals surface area contributed by atoms with Crippen LogP contribution in [0.3, 0.4) is 0 Å². The Morgan fingerprint density at radius 1 is 1.05 bits per heavy atom. The van der Waals surface area contributed by atoms with Crippen LogP contribution in [0.2, 0.25) is 0 Å². The molecule has 1 aromatic rings. The molecule has 0 radical (unpaired) electrons. The maximum atomic E-state index is 5.51. The summed E-state index contributed by atoms with van der Waals surface area (Å²) in [4.78, 5) is 0. The Hall–Kier alpha value is -0.620. The molecule has 0 saturated heterocycles. The first-order valence-electron chi connectivity index (χ1n) is 7.47. The van der Waals surface area contributed by atoms with E-state index in [1.54, 1.807) is 16.4 Å². The summed E-state index contributed by atoms with van der Waals surface area (Å²) >= 11 is 1.74. The van der Waals surface area contributed by atoms with Crippen molar-refractivity contribution in [1.29, 1.82) is 0 Å².